The Bertz CT molecular complexity index is 1130. The van der Waals surface area contributed by atoms with Gasteiger partial charge in [-0.05, 0) is 43.3 Å². The molecule has 0 saturated heterocycles. The Morgan fingerprint density at radius 1 is 1.14 bits per heavy atom. The number of carbonyl (C=O) groups excluding carboxylic acids is 1. The molecule has 0 aliphatic heterocycles. The third kappa shape index (κ3) is 4.08. The van der Waals surface area contributed by atoms with Gasteiger partial charge in [0.25, 0.3) is 5.91 Å². The Morgan fingerprint density at radius 3 is 2.83 bits per heavy atom. The fourth-order valence-corrected chi connectivity index (χ4v) is 2.94. The minimum atomic E-state index is -0.241. The van der Waals surface area contributed by atoms with Crippen molar-refractivity contribution in [1.29, 1.82) is 0 Å². The molecule has 1 atom stereocenters. The van der Waals surface area contributed by atoms with Crippen LogP contribution in [0.4, 0.5) is 0 Å². The van der Waals surface area contributed by atoms with E-state index in [4.69, 9.17) is 9.15 Å². The summed E-state index contributed by atoms with van der Waals surface area (Å²) in [6.45, 7) is 2.04. The zero-order valence-electron chi connectivity index (χ0n) is 16.1. The maximum absolute atomic E-state index is 12.7. The van der Waals surface area contributed by atoms with Gasteiger partial charge >= 0.3 is 0 Å². The van der Waals surface area contributed by atoms with Gasteiger partial charge in [-0.3, -0.25) is 14.8 Å². The number of pyridine rings is 2. The number of benzene rings is 1. The van der Waals surface area contributed by atoms with E-state index in [1.54, 1.807) is 24.3 Å². The third-order valence-corrected chi connectivity index (χ3v) is 4.72. The van der Waals surface area contributed by atoms with E-state index in [-0.39, 0.29) is 24.2 Å². The molecule has 3 heterocycles. The van der Waals surface area contributed by atoms with Gasteiger partial charge in [0.15, 0.2) is 12.3 Å². The first kappa shape index (κ1) is 18.6. The van der Waals surface area contributed by atoms with E-state index in [1.165, 1.54) is 6.26 Å². The molecule has 4 rings (SSSR count). The van der Waals surface area contributed by atoms with Gasteiger partial charge in [-0.15, -0.1) is 0 Å². The van der Waals surface area contributed by atoms with Crippen molar-refractivity contribution in [3.63, 3.8) is 0 Å². The topological polar surface area (TPSA) is 81.4 Å². The predicted octanol–water partition coefficient (Wildman–Crippen LogP) is 4.03. The van der Waals surface area contributed by atoms with E-state index >= 15 is 0 Å². The molecule has 7 heteroatoms. The molecule has 0 spiro atoms. The fraction of sp³-hybridized carbons (Fsp3) is 0.182. The fourth-order valence-electron chi connectivity index (χ4n) is 2.94. The summed E-state index contributed by atoms with van der Waals surface area (Å²) in [5, 5.41) is 0.985. The average molecular weight is 388 g/mol. The van der Waals surface area contributed by atoms with E-state index in [1.807, 2.05) is 55.5 Å². The lowest BCUT2D eigenvalue weighted by atomic mass is 10.2. The lowest BCUT2D eigenvalue weighted by Crippen LogP contribution is -2.30. The third-order valence-electron chi connectivity index (χ3n) is 4.72. The highest BCUT2D eigenvalue weighted by atomic mass is 16.5. The summed E-state index contributed by atoms with van der Waals surface area (Å²) in [4.78, 5) is 27.2. The average Bonchev–Trinajstić information content (AvgIpc) is 3.25. The minimum Gasteiger partial charge on any atom is -0.484 e. The van der Waals surface area contributed by atoms with Crippen molar-refractivity contribution >= 4 is 16.8 Å². The van der Waals surface area contributed by atoms with Gasteiger partial charge in [0.2, 0.25) is 5.89 Å². The van der Waals surface area contributed by atoms with E-state index in [0.717, 1.165) is 16.6 Å². The molecule has 0 saturated carbocycles. The number of hydrogen-bond acceptors (Lipinski definition) is 6. The van der Waals surface area contributed by atoms with Crippen LogP contribution in [0.1, 0.15) is 35.0 Å². The van der Waals surface area contributed by atoms with Gasteiger partial charge in [0.05, 0.1) is 17.3 Å². The Morgan fingerprint density at radius 2 is 2.00 bits per heavy atom. The number of rotatable bonds is 6. The number of carbonyl (C=O) groups is 1. The van der Waals surface area contributed by atoms with Crippen LogP contribution < -0.4 is 4.74 Å². The second-order valence-corrected chi connectivity index (χ2v) is 6.62. The van der Waals surface area contributed by atoms with E-state index < -0.39 is 0 Å². The summed E-state index contributed by atoms with van der Waals surface area (Å²) in [6, 6.07) is 14.9. The van der Waals surface area contributed by atoms with E-state index in [0.29, 0.717) is 11.6 Å². The number of amides is 1. The summed E-state index contributed by atoms with van der Waals surface area (Å²) >= 11 is 0. The first-order valence-electron chi connectivity index (χ1n) is 9.22. The highest BCUT2D eigenvalue weighted by Crippen LogP contribution is 2.21. The monoisotopic (exact) mass is 388 g/mol. The molecular formula is C22H20N4O3. The Labute approximate surface area is 168 Å². The van der Waals surface area contributed by atoms with Crippen LogP contribution in [0, 0.1) is 0 Å². The van der Waals surface area contributed by atoms with Gasteiger partial charge in [0, 0.05) is 24.8 Å². The molecule has 1 aromatic carbocycles. The number of hydrogen-bond donors (Lipinski definition) is 0. The Hall–Kier alpha value is -3.74. The van der Waals surface area contributed by atoms with Crippen LogP contribution >= 0.6 is 0 Å². The minimum absolute atomic E-state index is 0.124. The number of aromatic nitrogens is 3. The van der Waals surface area contributed by atoms with Crippen molar-refractivity contribution in [2.45, 2.75) is 19.6 Å². The Balaban J connectivity index is 1.41. The predicted molar refractivity (Wildman–Crippen MR) is 107 cm³/mol. The molecule has 1 amide bonds. The van der Waals surface area contributed by atoms with Crippen molar-refractivity contribution in [2.24, 2.45) is 0 Å². The van der Waals surface area contributed by atoms with Crippen LogP contribution in [0.3, 0.4) is 0 Å². The van der Waals surface area contributed by atoms with Crippen LogP contribution in [0.5, 0.6) is 5.75 Å². The number of ether oxygens (including phenoxy) is 1. The van der Waals surface area contributed by atoms with E-state index in [9.17, 15) is 4.79 Å². The van der Waals surface area contributed by atoms with Gasteiger partial charge < -0.3 is 14.1 Å². The summed E-state index contributed by atoms with van der Waals surface area (Å²) in [5.41, 5.74) is 1.94. The van der Waals surface area contributed by atoms with Crippen LogP contribution in [0.15, 0.2) is 71.6 Å². The zero-order chi connectivity index (χ0) is 20.2. The van der Waals surface area contributed by atoms with Gasteiger partial charge in [-0.25, -0.2) is 4.98 Å². The second-order valence-electron chi connectivity index (χ2n) is 6.62. The molecule has 146 valence electrons. The smallest absolute Gasteiger partial charge is 0.276 e. The highest BCUT2D eigenvalue weighted by Gasteiger charge is 2.22. The molecule has 0 aliphatic carbocycles. The molecular weight excluding hydrogens is 368 g/mol. The first-order chi connectivity index (χ1) is 14.1. The van der Waals surface area contributed by atoms with Crippen molar-refractivity contribution < 1.29 is 13.9 Å². The first-order valence-corrected chi connectivity index (χ1v) is 9.22. The molecule has 0 bridgehead atoms. The van der Waals surface area contributed by atoms with Crippen LogP contribution in [0.2, 0.25) is 0 Å². The highest BCUT2D eigenvalue weighted by molar-refractivity contribution is 5.92. The molecule has 3 aromatic heterocycles. The normalized spacial score (nSPS) is 11.9. The largest absolute Gasteiger partial charge is 0.484 e. The molecule has 4 aromatic rings. The van der Waals surface area contributed by atoms with Crippen molar-refractivity contribution in [1.82, 2.24) is 19.9 Å². The van der Waals surface area contributed by atoms with Gasteiger partial charge in [-0.1, -0.05) is 12.1 Å². The standard InChI is InChI=1S/C22H20N4O3/c1-15(18-7-3-4-10-23-18)26(2)22(27)20-13-29-21(25-20)14-28-17-8-9-19-16(12-17)6-5-11-24-19/h3-13,15H,14H2,1-2H3/t15-/m0/s1. The van der Waals surface area contributed by atoms with E-state index in [2.05, 4.69) is 15.0 Å². The summed E-state index contributed by atoms with van der Waals surface area (Å²) in [6.07, 6.45) is 4.81. The quantitative estimate of drug-likeness (QED) is 0.496. The van der Waals surface area contributed by atoms with Crippen LogP contribution in [-0.4, -0.2) is 32.8 Å². The van der Waals surface area contributed by atoms with Crippen molar-refractivity contribution in [3.8, 4) is 5.75 Å². The SMILES string of the molecule is C[C@@H](c1ccccn1)N(C)C(=O)c1coc(COc2ccc3ncccc3c2)n1. The van der Waals surface area contributed by atoms with Crippen molar-refractivity contribution in [3.05, 3.63) is 84.5 Å². The summed E-state index contributed by atoms with van der Waals surface area (Å²) in [7, 11) is 1.72. The number of oxazole rings is 1. The van der Waals surface area contributed by atoms with Crippen LogP contribution in [0.25, 0.3) is 10.9 Å². The summed E-state index contributed by atoms with van der Waals surface area (Å²) in [5.74, 6) is 0.769. The summed E-state index contributed by atoms with van der Waals surface area (Å²) < 4.78 is 11.2. The van der Waals surface area contributed by atoms with Gasteiger partial charge in [-0.2, -0.15) is 0 Å². The zero-order valence-corrected chi connectivity index (χ0v) is 16.1. The molecule has 0 radical (unpaired) electrons. The maximum Gasteiger partial charge on any atom is 0.276 e. The lowest BCUT2D eigenvalue weighted by molar-refractivity contribution is 0.0733. The Kier molecular flexibility index (Phi) is 5.20. The maximum atomic E-state index is 12.7. The second kappa shape index (κ2) is 8.10. The van der Waals surface area contributed by atoms with Gasteiger partial charge in [0.1, 0.15) is 12.0 Å². The molecule has 29 heavy (non-hydrogen) atoms. The molecule has 0 N–H and O–H groups in total. The van der Waals surface area contributed by atoms with Crippen LogP contribution in [-0.2, 0) is 6.61 Å². The molecule has 0 aliphatic rings. The number of nitrogens with zero attached hydrogens (tertiary/aromatic N) is 4. The molecule has 7 nitrogen and oxygen atoms in total. The molecule has 0 unspecified atom stereocenters. The number of fused-ring (bicyclic) bond motifs is 1. The molecule has 0 fully saturated rings. The van der Waals surface area contributed by atoms with Crippen molar-refractivity contribution in [2.75, 3.05) is 7.05 Å². The lowest BCUT2D eigenvalue weighted by Gasteiger charge is -2.23.